The van der Waals surface area contributed by atoms with E-state index in [0.29, 0.717) is 0 Å². The lowest BCUT2D eigenvalue weighted by Crippen LogP contribution is -2.00. The summed E-state index contributed by atoms with van der Waals surface area (Å²) >= 11 is 4.92. The molecule has 3 heteroatoms. The second-order valence-electron chi connectivity index (χ2n) is 2.36. The van der Waals surface area contributed by atoms with E-state index < -0.39 is 5.97 Å². The Bertz CT molecular complexity index is 251. The molecule has 0 amide bonds. The minimum atomic E-state index is -0.814. The zero-order chi connectivity index (χ0) is 8.27. The Morgan fingerprint density at radius 1 is 1.73 bits per heavy atom. The standard InChI is InChI=1S/C8H8O2S/c9-8(10)5-6-2-1-3-7(11)4-6/h1-2,4H,3,5H2,(H,9,10). The van der Waals surface area contributed by atoms with Crippen LogP contribution in [0.4, 0.5) is 0 Å². The van der Waals surface area contributed by atoms with Crippen molar-refractivity contribution in [3.63, 3.8) is 0 Å². The summed E-state index contributed by atoms with van der Waals surface area (Å²) in [5.41, 5.74) is 0.786. The molecule has 0 bridgehead atoms. The van der Waals surface area contributed by atoms with E-state index >= 15 is 0 Å². The van der Waals surface area contributed by atoms with E-state index in [2.05, 4.69) is 0 Å². The molecule has 0 aromatic rings. The molecule has 0 heterocycles. The van der Waals surface area contributed by atoms with E-state index in [1.807, 2.05) is 12.2 Å². The molecular weight excluding hydrogens is 160 g/mol. The Balaban J connectivity index is 2.64. The van der Waals surface area contributed by atoms with Crippen molar-refractivity contribution in [1.29, 1.82) is 0 Å². The van der Waals surface area contributed by atoms with Gasteiger partial charge in [0.05, 0.1) is 6.42 Å². The van der Waals surface area contributed by atoms with Gasteiger partial charge >= 0.3 is 5.97 Å². The van der Waals surface area contributed by atoms with Gasteiger partial charge in [0.2, 0.25) is 0 Å². The first-order valence-electron chi connectivity index (χ1n) is 3.30. The molecule has 0 fully saturated rings. The molecule has 1 rings (SSSR count). The van der Waals surface area contributed by atoms with Crippen LogP contribution in [0, 0.1) is 0 Å². The van der Waals surface area contributed by atoms with Crippen molar-refractivity contribution in [2.24, 2.45) is 0 Å². The minimum absolute atomic E-state index is 0.0661. The molecule has 0 aliphatic heterocycles. The highest BCUT2D eigenvalue weighted by molar-refractivity contribution is 7.80. The van der Waals surface area contributed by atoms with Gasteiger partial charge in [-0.05, 0) is 11.6 Å². The van der Waals surface area contributed by atoms with Crippen LogP contribution in [0.2, 0.25) is 0 Å². The number of carbonyl (C=O) groups is 1. The Morgan fingerprint density at radius 2 is 2.45 bits per heavy atom. The molecule has 0 saturated heterocycles. The molecular formula is C8H8O2S. The van der Waals surface area contributed by atoms with Gasteiger partial charge in [-0.1, -0.05) is 24.4 Å². The maximum Gasteiger partial charge on any atom is 0.307 e. The number of allylic oxidation sites excluding steroid dienone is 3. The molecule has 1 aliphatic rings. The van der Waals surface area contributed by atoms with Crippen LogP contribution in [0.25, 0.3) is 0 Å². The van der Waals surface area contributed by atoms with E-state index in [1.165, 1.54) is 0 Å². The van der Waals surface area contributed by atoms with Crippen LogP contribution in [0.3, 0.4) is 0 Å². The number of hydrogen-bond donors (Lipinski definition) is 1. The SMILES string of the molecule is O=C(O)CC1=CC(=S)CC=C1. The van der Waals surface area contributed by atoms with E-state index in [9.17, 15) is 4.79 Å². The van der Waals surface area contributed by atoms with Crippen LogP contribution < -0.4 is 0 Å². The molecule has 1 N–H and O–H groups in total. The van der Waals surface area contributed by atoms with Crippen LogP contribution in [0.1, 0.15) is 12.8 Å². The highest BCUT2D eigenvalue weighted by Gasteiger charge is 2.04. The predicted octanol–water partition coefficient (Wildman–Crippen LogP) is 1.72. The first-order chi connectivity index (χ1) is 5.18. The van der Waals surface area contributed by atoms with Crippen molar-refractivity contribution in [2.75, 3.05) is 0 Å². The highest BCUT2D eigenvalue weighted by Crippen LogP contribution is 2.11. The second kappa shape index (κ2) is 3.44. The minimum Gasteiger partial charge on any atom is -0.481 e. The number of rotatable bonds is 2. The molecule has 58 valence electrons. The highest BCUT2D eigenvalue weighted by atomic mass is 32.1. The summed E-state index contributed by atoms with van der Waals surface area (Å²) in [4.78, 5) is 11.1. The first kappa shape index (κ1) is 8.14. The summed E-state index contributed by atoms with van der Waals surface area (Å²) in [7, 11) is 0. The molecule has 1 aliphatic carbocycles. The fourth-order valence-corrected chi connectivity index (χ4v) is 1.17. The van der Waals surface area contributed by atoms with E-state index in [-0.39, 0.29) is 6.42 Å². The molecule has 0 saturated carbocycles. The van der Waals surface area contributed by atoms with Crippen molar-refractivity contribution in [3.8, 4) is 0 Å². The zero-order valence-corrected chi connectivity index (χ0v) is 6.73. The topological polar surface area (TPSA) is 37.3 Å². The van der Waals surface area contributed by atoms with Crippen LogP contribution in [0.15, 0.2) is 23.8 Å². The molecule has 0 spiro atoms. The quantitative estimate of drug-likeness (QED) is 0.638. The van der Waals surface area contributed by atoms with Gasteiger partial charge in [0.1, 0.15) is 0 Å². The summed E-state index contributed by atoms with van der Waals surface area (Å²) in [6.45, 7) is 0. The largest absolute Gasteiger partial charge is 0.481 e. The van der Waals surface area contributed by atoms with Gasteiger partial charge in [0, 0.05) is 11.3 Å². The van der Waals surface area contributed by atoms with E-state index in [1.54, 1.807) is 6.08 Å². The van der Waals surface area contributed by atoms with Gasteiger partial charge in [-0.25, -0.2) is 0 Å². The molecule has 0 radical (unpaired) electrons. The fourth-order valence-electron chi connectivity index (χ4n) is 0.925. The van der Waals surface area contributed by atoms with Gasteiger partial charge in [0.15, 0.2) is 0 Å². The van der Waals surface area contributed by atoms with Crippen LogP contribution in [-0.4, -0.2) is 15.9 Å². The van der Waals surface area contributed by atoms with Gasteiger partial charge < -0.3 is 5.11 Å². The van der Waals surface area contributed by atoms with Gasteiger partial charge in [-0.3, -0.25) is 4.79 Å². The van der Waals surface area contributed by atoms with Gasteiger partial charge in [-0.2, -0.15) is 0 Å². The Kier molecular flexibility index (Phi) is 2.54. The van der Waals surface area contributed by atoms with E-state index in [0.717, 1.165) is 16.9 Å². The molecule has 0 aromatic carbocycles. The Labute approximate surface area is 70.2 Å². The predicted molar refractivity (Wildman–Crippen MR) is 46.7 cm³/mol. The number of thiocarbonyl (C=S) groups is 1. The maximum absolute atomic E-state index is 10.3. The van der Waals surface area contributed by atoms with Crippen molar-refractivity contribution in [2.45, 2.75) is 12.8 Å². The molecule has 0 atom stereocenters. The second-order valence-corrected chi connectivity index (χ2v) is 2.89. The smallest absolute Gasteiger partial charge is 0.307 e. The summed E-state index contributed by atoms with van der Waals surface area (Å²) < 4.78 is 0. The molecule has 2 nitrogen and oxygen atoms in total. The average molecular weight is 168 g/mol. The number of hydrogen-bond acceptors (Lipinski definition) is 2. The molecule has 11 heavy (non-hydrogen) atoms. The summed E-state index contributed by atoms with van der Waals surface area (Å²) in [5, 5.41) is 8.43. The van der Waals surface area contributed by atoms with Crippen molar-refractivity contribution < 1.29 is 9.90 Å². The van der Waals surface area contributed by atoms with Crippen molar-refractivity contribution in [1.82, 2.24) is 0 Å². The summed E-state index contributed by atoms with van der Waals surface area (Å²) in [5.74, 6) is -0.814. The summed E-state index contributed by atoms with van der Waals surface area (Å²) in [6.07, 6.45) is 6.28. The molecule has 0 aromatic heterocycles. The number of carboxylic acids is 1. The number of carboxylic acid groups (broad SMARTS) is 1. The third-order valence-corrected chi connectivity index (χ3v) is 1.64. The third kappa shape index (κ3) is 2.63. The summed E-state index contributed by atoms with van der Waals surface area (Å²) in [6, 6.07) is 0. The first-order valence-corrected chi connectivity index (χ1v) is 3.71. The average Bonchev–Trinajstić information content (AvgIpc) is 1.85. The van der Waals surface area contributed by atoms with Gasteiger partial charge in [-0.15, -0.1) is 0 Å². The zero-order valence-electron chi connectivity index (χ0n) is 5.91. The maximum atomic E-state index is 10.3. The fraction of sp³-hybridized carbons (Fsp3) is 0.250. The lowest BCUT2D eigenvalue weighted by atomic mass is 10.0. The Morgan fingerprint density at radius 3 is 3.00 bits per heavy atom. The van der Waals surface area contributed by atoms with Crippen molar-refractivity contribution >= 4 is 23.1 Å². The van der Waals surface area contributed by atoms with Crippen LogP contribution in [-0.2, 0) is 4.79 Å². The van der Waals surface area contributed by atoms with E-state index in [4.69, 9.17) is 17.3 Å². The Hall–Kier alpha value is -0.960. The van der Waals surface area contributed by atoms with Crippen molar-refractivity contribution in [3.05, 3.63) is 23.8 Å². The number of aliphatic carboxylic acids is 1. The third-order valence-electron chi connectivity index (χ3n) is 1.35. The lowest BCUT2D eigenvalue weighted by Gasteiger charge is -2.03. The monoisotopic (exact) mass is 168 g/mol. The van der Waals surface area contributed by atoms with Crippen LogP contribution >= 0.6 is 12.2 Å². The normalized spacial score (nSPS) is 16.4. The molecule has 0 unspecified atom stereocenters. The van der Waals surface area contributed by atoms with Crippen LogP contribution in [0.5, 0.6) is 0 Å². The lowest BCUT2D eigenvalue weighted by molar-refractivity contribution is -0.136. The van der Waals surface area contributed by atoms with Gasteiger partial charge in [0.25, 0.3) is 0 Å².